The Morgan fingerprint density at radius 3 is 3.00 bits per heavy atom. The lowest BCUT2D eigenvalue weighted by molar-refractivity contribution is -0.116. The molecular formula is C11H13N5O2S2. The van der Waals surface area contributed by atoms with Crippen LogP contribution >= 0.6 is 23.1 Å². The minimum atomic E-state index is -0.332. The normalized spacial score (nSPS) is 10.5. The number of nitrogens with one attached hydrogen (secondary N) is 1. The third kappa shape index (κ3) is 3.87. The Morgan fingerprint density at radius 1 is 1.50 bits per heavy atom. The fourth-order valence-electron chi connectivity index (χ4n) is 1.39. The molecule has 106 valence electrons. The number of thioether (sulfide) groups is 1. The summed E-state index contributed by atoms with van der Waals surface area (Å²) in [5.41, 5.74) is 0.365. The fourth-order valence-corrected chi connectivity index (χ4v) is 3.06. The molecule has 20 heavy (non-hydrogen) atoms. The maximum atomic E-state index is 11.8. The Bertz CT molecular complexity index is 667. The third-order valence-corrected chi connectivity index (χ3v) is 4.10. The second-order valence-corrected chi connectivity index (χ2v) is 6.34. The molecule has 1 N–H and O–H groups in total. The molecule has 0 unspecified atom stereocenters. The first-order valence-electron chi connectivity index (χ1n) is 5.87. The van der Waals surface area contributed by atoms with Crippen LogP contribution in [0.4, 0.5) is 5.13 Å². The summed E-state index contributed by atoms with van der Waals surface area (Å²) >= 11 is 2.87. The number of carbonyl (C=O) groups is 1. The number of anilines is 1. The van der Waals surface area contributed by atoms with Gasteiger partial charge in [0.25, 0.3) is 5.56 Å². The molecule has 0 radical (unpaired) electrons. The summed E-state index contributed by atoms with van der Waals surface area (Å²) in [6.45, 7) is 3.64. The van der Waals surface area contributed by atoms with E-state index >= 15 is 0 Å². The molecule has 2 aromatic rings. The molecule has 0 fully saturated rings. The van der Waals surface area contributed by atoms with Crippen molar-refractivity contribution in [1.82, 2.24) is 19.7 Å². The minimum absolute atomic E-state index is 0.0953. The highest BCUT2D eigenvalue weighted by atomic mass is 32.2. The van der Waals surface area contributed by atoms with Gasteiger partial charge in [-0.15, -0.1) is 10.2 Å². The topological polar surface area (TPSA) is 89.8 Å². The maximum absolute atomic E-state index is 11.8. The largest absolute Gasteiger partial charge is 0.299 e. The van der Waals surface area contributed by atoms with Gasteiger partial charge in [-0.1, -0.05) is 30.0 Å². The summed E-state index contributed by atoms with van der Waals surface area (Å²) in [6, 6.07) is 1.38. The lowest BCUT2D eigenvalue weighted by Crippen LogP contribution is -2.27. The lowest BCUT2D eigenvalue weighted by Gasteiger charge is -2.04. The van der Waals surface area contributed by atoms with E-state index in [4.69, 9.17) is 0 Å². The first-order valence-corrected chi connectivity index (χ1v) is 7.68. The van der Waals surface area contributed by atoms with Gasteiger partial charge in [-0.2, -0.15) is 0 Å². The van der Waals surface area contributed by atoms with Gasteiger partial charge in [0.15, 0.2) is 4.34 Å². The van der Waals surface area contributed by atoms with Gasteiger partial charge in [-0.05, 0) is 12.7 Å². The molecule has 0 aliphatic carbocycles. The number of nitrogens with zero attached hydrogens (tertiary/aromatic N) is 4. The van der Waals surface area contributed by atoms with Gasteiger partial charge in [0, 0.05) is 11.8 Å². The first-order chi connectivity index (χ1) is 9.58. The van der Waals surface area contributed by atoms with E-state index in [1.807, 2.05) is 6.92 Å². The van der Waals surface area contributed by atoms with Crippen LogP contribution in [0.5, 0.6) is 0 Å². The molecule has 7 nitrogen and oxygen atoms in total. The van der Waals surface area contributed by atoms with Crippen molar-refractivity contribution < 1.29 is 4.79 Å². The number of carbonyl (C=O) groups excluding carboxylic acids is 1. The smallest absolute Gasteiger partial charge is 0.253 e. The van der Waals surface area contributed by atoms with Crippen LogP contribution < -0.4 is 10.9 Å². The average Bonchev–Trinajstić information content (AvgIpc) is 2.81. The highest BCUT2D eigenvalue weighted by Gasteiger charge is 2.09. The van der Waals surface area contributed by atoms with Crippen LogP contribution in [0.15, 0.2) is 21.5 Å². The molecule has 2 aromatic heterocycles. The van der Waals surface area contributed by atoms with Crippen LogP contribution in [0.2, 0.25) is 0 Å². The molecule has 0 saturated heterocycles. The van der Waals surface area contributed by atoms with E-state index in [-0.39, 0.29) is 18.0 Å². The first kappa shape index (κ1) is 14.7. The molecule has 2 rings (SSSR count). The van der Waals surface area contributed by atoms with Gasteiger partial charge in [0.1, 0.15) is 6.54 Å². The summed E-state index contributed by atoms with van der Waals surface area (Å²) in [4.78, 5) is 27.4. The van der Waals surface area contributed by atoms with E-state index in [0.29, 0.717) is 10.8 Å². The number of aromatic nitrogens is 4. The molecule has 0 aliphatic rings. The fraction of sp³-hybridized carbons (Fsp3) is 0.364. The average molecular weight is 311 g/mol. The molecule has 2 heterocycles. The van der Waals surface area contributed by atoms with Crippen molar-refractivity contribution >= 4 is 34.1 Å². The molecule has 0 atom stereocenters. The van der Waals surface area contributed by atoms with E-state index in [2.05, 4.69) is 20.5 Å². The third-order valence-electron chi connectivity index (χ3n) is 2.25. The molecule has 0 aromatic carbocycles. The maximum Gasteiger partial charge on any atom is 0.253 e. The summed E-state index contributed by atoms with van der Waals surface area (Å²) in [7, 11) is 0. The number of aryl methyl sites for hydroxylation is 1. The zero-order chi connectivity index (χ0) is 14.5. The lowest BCUT2D eigenvalue weighted by atomic mass is 10.4. The van der Waals surface area contributed by atoms with Crippen LogP contribution in [0.3, 0.4) is 0 Å². The van der Waals surface area contributed by atoms with E-state index < -0.39 is 0 Å². The van der Waals surface area contributed by atoms with E-state index in [1.165, 1.54) is 28.3 Å². The van der Waals surface area contributed by atoms with Crippen molar-refractivity contribution in [2.75, 3.05) is 11.1 Å². The molecule has 0 spiro atoms. The van der Waals surface area contributed by atoms with Crippen molar-refractivity contribution in [3.63, 3.8) is 0 Å². The second kappa shape index (κ2) is 6.62. The Kier molecular flexibility index (Phi) is 4.85. The predicted octanol–water partition coefficient (Wildman–Crippen LogP) is 1.15. The number of hydrogen-bond donors (Lipinski definition) is 1. The van der Waals surface area contributed by atoms with Crippen molar-refractivity contribution in [1.29, 1.82) is 0 Å². The Morgan fingerprint density at radius 2 is 2.30 bits per heavy atom. The standard InChI is InChI=1S/C11H13N5O2S2/c1-3-19-11-15-14-10(20-11)13-8(17)5-16-6-12-7(2)4-9(16)18/h4,6H,3,5H2,1-2H3,(H,13,14,17). The summed E-state index contributed by atoms with van der Waals surface area (Å²) < 4.78 is 2.04. The van der Waals surface area contributed by atoms with Gasteiger partial charge >= 0.3 is 0 Å². The SMILES string of the molecule is CCSc1nnc(NC(=O)Cn2cnc(C)cc2=O)s1. The van der Waals surface area contributed by atoms with Crippen molar-refractivity contribution in [2.45, 2.75) is 24.7 Å². The Balaban J connectivity index is 1.99. The molecule has 0 saturated carbocycles. The molecule has 1 amide bonds. The highest BCUT2D eigenvalue weighted by Crippen LogP contribution is 2.24. The van der Waals surface area contributed by atoms with Crippen molar-refractivity contribution in [2.24, 2.45) is 0 Å². The Hall–Kier alpha value is -1.74. The van der Waals surface area contributed by atoms with Gasteiger partial charge in [-0.25, -0.2) is 4.98 Å². The minimum Gasteiger partial charge on any atom is -0.299 e. The Labute approximate surface area is 123 Å². The van der Waals surface area contributed by atoms with Gasteiger partial charge in [-0.3, -0.25) is 19.5 Å². The monoisotopic (exact) mass is 311 g/mol. The van der Waals surface area contributed by atoms with Crippen LogP contribution in [0.25, 0.3) is 0 Å². The molecule has 0 bridgehead atoms. The zero-order valence-electron chi connectivity index (χ0n) is 11.0. The second-order valence-electron chi connectivity index (χ2n) is 3.85. The van der Waals surface area contributed by atoms with Gasteiger partial charge < -0.3 is 0 Å². The summed E-state index contributed by atoms with van der Waals surface area (Å²) in [5.74, 6) is 0.564. The van der Waals surface area contributed by atoms with Crippen LogP contribution in [-0.4, -0.2) is 31.4 Å². The molecular weight excluding hydrogens is 298 g/mol. The van der Waals surface area contributed by atoms with Crippen LogP contribution in [0, 0.1) is 6.92 Å². The number of amides is 1. The zero-order valence-corrected chi connectivity index (χ0v) is 12.6. The van der Waals surface area contributed by atoms with Gasteiger partial charge in [0.2, 0.25) is 11.0 Å². The number of rotatable bonds is 5. The molecule has 0 aliphatic heterocycles. The van der Waals surface area contributed by atoms with E-state index in [9.17, 15) is 9.59 Å². The van der Waals surface area contributed by atoms with Gasteiger partial charge in [0.05, 0.1) is 6.33 Å². The quantitative estimate of drug-likeness (QED) is 0.658. The van der Waals surface area contributed by atoms with E-state index in [1.54, 1.807) is 18.7 Å². The molecule has 9 heteroatoms. The summed E-state index contributed by atoms with van der Waals surface area (Å²) in [6.07, 6.45) is 1.36. The van der Waals surface area contributed by atoms with Crippen LogP contribution in [0.1, 0.15) is 12.6 Å². The van der Waals surface area contributed by atoms with E-state index in [0.717, 1.165) is 10.1 Å². The highest BCUT2D eigenvalue weighted by molar-refractivity contribution is 8.01. The van der Waals surface area contributed by atoms with Crippen molar-refractivity contribution in [3.8, 4) is 0 Å². The van der Waals surface area contributed by atoms with Crippen LogP contribution in [-0.2, 0) is 11.3 Å². The predicted molar refractivity (Wildman–Crippen MR) is 78.2 cm³/mol. The van der Waals surface area contributed by atoms with Crippen molar-refractivity contribution in [3.05, 3.63) is 28.4 Å². The summed E-state index contributed by atoms with van der Waals surface area (Å²) in [5, 5.41) is 10.8. The number of hydrogen-bond acceptors (Lipinski definition) is 7.